The standard InChI is InChI=1S/C10H8F3N3S/c11-10(12,13)7-4-2-1-3-6(7)9(14)8-5-15-17-16-8/h1-5,9H,14H2. The van der Waals surface area contributed by atoms with Crippen LogP contribution in [-0.2, 0) is 6.18 Å². The lowest BCUT2D eigenvalue weighted by molar-refractivity contribution is -0.138. The molecule has 7 heteroatoms. The maximum Gasteiger partial charge on any atom is 0.416 e. The molecule has 0 aliphatic heterocycles. The number of hydrogen-bond donors (Lipinski definition) is 1. The first-order valence-electron chi connectivity index (χ1n) is 4.69. The van der Waals surface area contributed by atoms with E-state index >= 15 is 0 Å². The Balaban J connectivity index is 2.46. The van der Waals surface area contributed by atoms with E-state index in [9.17, 15) is 13.2 Å². The largest absolute Gasteiger partial charge is 0.416 e. The summed E-state index contributed by atoms with van der Waals surface area (Å²) in [5.41, 5.74) is 5.37. The third-order valence-electron chi connectivity index (χ3n) is 2.30. The maximum atomic E-state index is 12.8. The summed E-state index contributed by atoms with van der Waals surface area (Å²) in [7, 11) is 0. The summed E-state index contributed by atoms with van der Waals surface area (Å²) < 4.78 is 45.9. The van der Waals surface area contributed by atoms with Gasteiger partial charge in [0.05, 0.1) is 35.2 Å². The molecule has 0 saturated heterocycles. The third kappa shape index (κ3) is 2.45. The van der Waals surface area contributed by atoms with Crippen molar-refractivity contribution >= 4 is 11.7 Å². The zero-order valence-electron chi connectivity index (χ0n) is 8.48. The van der Waals surface area contributed by atoms with Crippen LogP contribution in [-0.4, -0.2) is 8.75 Å². The van der Waals surface area contributed by atoms with Crippen LogP contribution in [0.1, 0.15) is 22.9 Å². The predicted octanol–water partition coefficient (Wildman–Crippen LogP) is 2.61. The van der Waals surface area contributed by atoms with Crippen LogP contribution in [0.4, 0.5) is 13.2 Å². The van der Waals surface area contributed by atoms with Gasteiger partial charge in [-0.25, -0.2) is 0 Å². The van der Waals surface area contributed by atoms with Crippen LogP contribution in [0.5, 0.6) is 0 Å². The van der Waals surface area contributed by atoms with Crippen molar-refractivity contribution in [1.82, 2.24) is 8.75 Å². The molecule has 0 radical (unpaired) electrons. The molecule has 0 aliphatic carbocycles. The molecule has 2 N–H and O–H groups in total. The monoisotopic (exact) mass is 259 g/mol. The van der Waals surface area contributed by atoms with Crippen LogP contribution < -0.4 is 5.73 Å². The van der Waals surface area contributed by atoms with Crippen LogP contribution in [0.2, 0.25) is 0 Å². The fraction of sp³-hybridized carbons (Fsp3) is 0.200. The Bertz CT molecular complexity index is 496. The molecular formula is C10H8F3N3S. The first-order valence-corrected chi connectivity index (χ1v) is 5.42. The molecule has 0 fully saturated rings. The highest BCUT2D eigenvalue weighted by molar-refractivity contribution is 6.99. The topological polar surface area (TPSA) is 51.8 Å². The van der Waals surface area contributed by atoms with Gasteiger partial charge in [0.25, 0.3) is 0 Å². The summed E-state index contributed by atoms with van der Waals surface area (Å²) in [6.07, 6.45) is -3.04. The molecule has 0 bridgehead atoms. The summed E-state index contributed by atoms with van der Waals surface area (Å²) in [4.78, 5) is 0. The Morgan fingerprint density at radius 2 is 1.94 bits per heavy atom. The third-order valence-corrected chi connectivity index (χ3v) is 2.79. The Kier molecular flexibility index (Phi) is 3.12. The van der Waals surface area contributed by atoms with Crippen LogP contribution in [0, 0.1) is 0 Å². The second-order valence-electron chi connectivity index (χ2n) is 3.39. The van der Waals surface area contributed by atoms with Gasteiger partial charge < -0.3 is 5.73 Å². The summed E-state index contributed by atoms with van der Waals surface area (Å²) in [5.74, 6) is 0. The highest BCUT2D eigenvalue weighted by Crippen LogP contribution is 2.35. The first kappa shape index (κ1) is 12.0. The van der Waals surface area contributed by atoms with Crippen molar-refractivity contribution < 1.29 is 13.2 Å². The second-order valence-corrected chi connectivity index (χ2v) is 3.95. The Morgan fingerprint density at radius 3 is 2.53 bits per heavy atom. The zero-order chi connectivity index (χ0) is 12.5. The van der Waals surface area contributed by atoms with E-state index in [4.69, 9.17) is 5.73 Å². The molecule has 0 amide bonds. The van der Waals surface area contributed by atoms with E-state index in [1.54, 1.807) is 0 Å². The van der Waals surface area contributed by atoms with Crippen LogP contribution >= 0.6 is 11.7 Å². The summed E-state index contributed by atoms with van der Waals surface area (Å²) in [6, 6.07) is 4.30. The van der Waals surface area contributed by atoms with Crippen molar-refractivity contribution in [3.63, 3.8) is 0 Å². The van der Waals surface area contributed by atoms with E-state index < -0.39 is 17.8 Å². The van der Waals surface area contributed by atoms with E-state index in [2.05, 4.69) is 8.75 Å². The summed E-state index contributed by atoms with van der Waals surface area (Å²) in [6.45, 7) is 0. The van der Waals surface area contributed by atoms with Crippen molar-refractivity contribution in [3.8, 4) is 0 Å². The molecular weight excluding hydrogens is 251 g/mol. The minimum absolute atomic E-state index is 0.00713. The number of rotatable bonds is 2. The van der Waals surface area contributed by atoms with Crippen molar-refractivity contribution in [1.29, 1.82) is 0 Å². The average Bonchev–Trinajstić information content (AvgIpc) is 2.80. The normalized spacial score (nSPS) is 13.6. The molecule has 17 heavy (non-hydrogen) atoms. The van der Waals surface area contributed by atoms with E-state index in [0.29, 0.717) is 5.69 Å². The number of aromatic nitrogens is 2. The van der Waals surface area contributed by atoms with Gasteiger partial charge in [0.2, 0.25) is 0 Å². The summed E-state index contributed by atoms with van der Waals surface area (Å²) in [5, 5.41) is 0. The lowest BCUT2D eigenvalue weighted by atomic mass is 9.99. The molecule has 90 valence electrons. The van der Waals surface area contributed by atoms with Gasteiger partial charge in [-0.1, -0.05) is 18.2 Å². The van der Waals surface area contributed by atoms with Crippen molar-refractivity contribution in [3.05, 3.63) is 47.3 Å². The number of nitrogens with zero attached hydrogens (tertiary/aromatic N) is 2. The molecule has 0 spiro atoms. The minimum atomic E-state index is -4.42. The molecule has 1 aromatic carbocycles. The summed E-state index contributed by atoms with van der Waals surface area (Å²) >= 11 is 0.915. The number of alkyl halides is 3. The van der Waals surface area contributed by atoms with Gasteiger partial charge in [0, 0.05) is 0 Å². The fourth-order valence-corrected chi connectivity index (χ4v) is 1.95. The molecule has 0 aliphatic rings. The molecule has 1 unspecified atom stereocenters. The van der Waals surface area contributed by atoms with E-state index in [-0.39, 0.29) is 5.56 Å². The van der Waals surface area contributed by atoms with Crippen molar-refractivity contribution in [2.24, 2.45) is 5.73 Å². The van der Waals surface area contributed by atoms with Gasteiger partial charge in [-0.3, -0.25) is 0 Å². The van der Waals surface area contributed by atoms with E-state index in [1.165, 1.54) is 24.4 Å². The van der Waals surface area contributed by atoms with Crippen molar-refractivity contribution in [2.45, 2.75) is 12.2 Å². The van der Waals surface area contributed by atoms with Gasteiger partial charge in [-0.05, 0) is 11.6 Å². The number of hydrogen-bond acceptors (Lipinski definition) is 4. The molecule has 2 aromatic rings. The highest BCUT2D eigenvalue weighted by Gasteiger charge is 2.34. The predicted molar refractivity (Wildman–Crippen MR) is 57.4 cm³/mol. The molecule has 1 heterocycles. The molecule has 0 saturated carbocycles. The van der Waals surface area contributed by atoms with Crippen LogP contribution in [0.15, 0.2) is 30.5 Å². The average molecular weight is 259 g/mol. The second kappa shape index (κ2) is 4.42. The zero-order valence-corrected chi connectivity index (χ0v) is 9.29. The van der Waals surface area contributed by atoms with E-state index in [0.717, 1.165) is 17.8 Å². The SMILES string of the molecule is NC(c1cnsn1)c1ccccc1C(F)(F)F. The highest BCUT2D eigenvalue weighted by atomic mass is 32.1. The van der Waals surface area contributed by atoms with Gasteiger partial charge in [0.15, 0.2) is 0 Å². The van der Waals surface area contributed by atoms with E-state index in [1.807, 2.05) is 0 Å². The van der Waals surface area contributed by atoms with Gasteiger partial charge >= 0.3 is 6.18 Å². The van der Waals surface area contributed by atoms with Gasteiger partial charge in [-0.2, -0.15) is 21.9 Å². The van der Waals surface area contributed by atoms with Gasteiger partial charge in [0.1, 0.15) is 0 Å². The molecule has 2 rings (SSSR count). The Morgan fingerprint density at radius 1 is 1.24 bits per heavy atom. The molecule has 1 aromatic heterocycles. The first-order chi connectivity index (χ1) is 8.00. The fourth-order valence-electron chi connectivity index (χ4n) is 1.49. The van der Waals surface area contributed by atoms with Crippen molar-refractivity contribution in [2.75, 3.05) is 0 Å². The lowest BCUT2D eigenvalue weighted by Gasteiger charge is -2.16. The number of benzene rings is 1. The minimum Gasteiger partial charge on any atom is -0.319 e. The van der Waals surface area contributed by atoms with Crippen LogP contribution in [0.3, 0.4) is 0 Å². The van der Waals surface area contributed by atoms with Crippen LogP contribution in [0.25, 0.3) is 0 Å². The smallest absolute Gasteiger partial charge is 0.319 e. The molecule has 3 nitrogen and oxygen atoms in total. The quantitative estimate of drug-likeness (QED) is 0.901. The molecule has 1 atom stereocenters. The maximum absolute atomic E-state index is 12.8. The number of halogens is 3. The van der Waals surface area contributed by atoms with Gasteiger partial charge in [-0.15, -0.1) is 0 Å². The Labute approximate surface area is 99.4 Å². The Hall–Kier alpha value is -1.47. The lowest BCUT2D eigenvalue weighted by Crippen LogP contribution is -2.18. The number of nitrogens with two attached hydrogens (primary N) is 1.